The highest BCUT2D eigenvalue weighted by Gasteiger charge is 2.15. The Hall–Kier alpha value is -2.80. The van der Waals surface area contributed by atoms with Crippen LogP contribution in [0.4, 0.5) is 5.69 Å². The van der Waals surface area contributed by atoms with Gasteiger partial charge in [-0.25, -0.2) is 0 Å². The largest absolute Gasteiger partial charge is 0.507 e. The van der Waals surface area contributed by atoms with E-state index < -0.39 is 0 Å². The van der Waals surface area contributed by atoms with Gasteiger partial charge in [0.05, 0.1) is 11.3 Å². The van der Waals surface area contributed by atoms with Crippen molar-refractivity contribution < 1.29 is 9.90 Å². The highest BCUT2D eigenvalue weighted by molar-refractivity contribution is 7.99. The monoisotopic (exact) mass is 382 g/mol. The summed E-state index contributed by atoms with van der Waals surface area (Å²) in [5, 5.41) is 21.7. The first kappa shape index (κ1) is 19.0. The predicted octanol–water partition coefficient (Wildman–Crippen LogP) is 4.04. The van der Waals surface area contributed by atoms with Gasteiger partial charge in [-0.05, 0) is 35.7 Å². The molecule has 6 nitrogen and oxygen atoms in total. The third kappa shape index (κ3) is 4.49. The van der Waals surface area contributed by atoms with Gasteiger partial charge < -0.3 is 15.0 Å². The third-order valence-electron chi connectivity index (χ3n) is 4.17. The maximum absolute atomic E-state index is 12.2. The molecule has 27 heavy (non-hydrogen) atoms. The van der Waals surface area contributed by atoms with Gasteiger partial charge in [0.15, 0.2) is 11.0 Å². The fourth-order valence-corrected chi connectivity index (χ4v) is 3.33. The van der Waals surface area contributed by atoms with Crippen molar-refractivity contribution >= 4 is 23.4 Å². The summed E-state index contributed by atoms with van der Waals surface area (Å²) in [6.45, 7) is 4.27. The second-order valence-electron chi connectivity index (χ2n) is 6.50. The molecule has 3 rings (SSSR count). The zero-order chi connectivity index (χ0) is 19.4. The highest BCUT2D eigenvalue weighted by atomic mass is 32.2. The molecule has 0 saturated heterocycles. The number of carbonyl (C=O) groups is 1. The smallest absolute Gasteiger partial charge is 0.234 e. The third-order valence-corrected chi connectivity index (χ3v) is 5.19. The van der Waals surface area contributed by atoms with Crippen molar-refractivity contribution in [1.29, 1.82) is 0 Å². The van der Waals surface area contributed by atoms with Gasteiger partial charge in [-0.2, -0.15) is 0 Å². The Bertz CT molecular complexity index is 935. The maximum Gasteiger partial charge on any atom is 0.234 e. The highest BCUT2D eigenvalue weighted by Crippen LogP contribution is 2.29. The molecule has 1 amide bonds. The quantitative estimate of drug-likeness (QED) is 0.629. The van der Waals surface area contributed by atoms with Crippen LogP contribution >= 0.6 is 11.8 Å². The van der Waals surface area contributed by atoms with E-state index in [-0.39, 0.29) is 17.4 Å². The average molecular weight is 382 g/mol. The molecule has 1 aromatic heterocycles. The normalized spacial score (nSPS) is 11.0. The number of hydrogen-bond donors (Lipinski definition) is 2. The summed E-state index contributed by atoms with van der Waals surface area (Å²) in [5.74, 6) is 1.27. The maximum atomic E-state index is 12.2. The zero-order valence-corrected chi connectivity index (χ0v) is 16.3. The molecule has 2 N–H and O–H groups in total. The number of para-hydroxylation sites is 1. The van der Waals surface area contributed by atoms with Gasteiger partial charge in [-0.3, -0.25) is 4.79 Å². The van der Waals surface area contributed by atoms with Crippen LogP contribution in [0.1, 0.15) is 25.3 Å². The van der Waals surface area contributed by atoms with Crippen LogP contribution in [0.25, 0.3) is 11.4 Å². The lowest BCUT2D eigenvalue weighted by Gasteiger charge is -2.08. The molecule has 0 unspecified atom stereocenters. The Kier molecular flexibility index (Phi) is 5.81. The number of nitrogens with one attached hydrogen (secondary N) is 1. The second kappa shape index (κ2) is 8.26. The van der Waals surface area contributed by atoms with Crippen molar-refractivity contribution in [3.63, 3.8) is 0 Å². The average Bonchev–Trinajstić information content (AvgIpc) is 3.01. The van der Waals surface area contributed by atoms with E-state index in [1.807, 2.05) is 37.4 Å². The number of hydrogen-bond acceptors (Lipinski definition) is 5. The molecule has 0 aliphatic heterocycles. The zero-order valence-electron chi connectivity index (χ0n) is 15.5. The Morgan fingerprint density at radius 2 is 1.85 bits per heavy atom. The Morgan fingerprint density at radius 1 is 1.15 bits per heavy atom. The van der Waals surface area contributed by atoms with Gasteiger partial charge in [-0.15, -0.1) is 10.2 Å². The Labute approximate surface area is 162 Å². The molecular formula is C20H22N4O2S. The lowest BCUT2D eigenvalue weighted by Crippen LogP contribution is -2.14. The van der Waals surface area contributed by atoms with Gasteiger partial charge in [0.25, 0.3) is 0 Å². The number of carbonyl (C=O) groups excluding carboxylic acids is 1. The van der Waals surface area contributed by atoms with Crippen LogP contribution in [-0.4, -0.2) is 31.5 Å². The molecule has 0 bridgehead atoms. The van der Waals surface area contributed by atoms with Crippen molar-refractivity contribution in [2.75, 3.05) is 11.1 Å². The van der Waals surface area contributed by atoms with Crippen molar-refractivity contribution in [3.8, 4) is 17.1 Å². The van der Waals surface area contributed by atoms with E-state index in [0.29, 0.717) is 22.5 Å². The summed E-state index contributed by atoms with van der Waals surface area (Å²) in [7, 11) is 1.81. The summed E-state index contributed by atoms with van der Waals surface area (Å²) < 4.78 is 1.77. The lowest BCUT2D eigenvalue weighted by molar-refractivity contribution is -0.113. The molecule has 2 aromatic carbocycles. The Balaban J connectivity index is 1.62. The number of phenolic OH excluding ortho intramolecular Hbond substituents is 1. The van der Waals surface area contributed by atoms with E-state index >= 15 is 0 Å². The van der Waals surface area contributed by atoms with Crippen molar-refractivity contribution in [2.45, 2.75) is 24.9 Å². The summed E-state index contributed by atoms with van der Waals surface area (Å²) in [5.41, 5.74) is 2.62. The summed E-state index contributed by atoms with van der Waals surface area (Å²) in [4.78, 5) is 12.2. The SMILES string of the molecule is CC(C)c1ccc(NC(=O)CSc2nnc(-c3ccccc3O)n2C)cc1. The molecule has 0 radical (unpaired) electrons. The molecule has 0 aliphatic carbocycles. The number of anilines is 1. The number of benzene rings is 2. The first-order chi connectivity index (χ1) is 13.0. The van der Waals surface area contributed by atoms with Crippen LogP contribution in [0.5, 0.6) is 5.75 Å². The molecule has 7 heteroatoms. The molecule has 0 saturated carbocycles. The molecule has 0 fully saturated rings. The van der Waals surface area contributed by atoms with Gasteiger partial charge in [-0.1, -0.05) is 49.9 Å². The van der Waals surface area contributed by atoms with Crippen molar-refractivity contribution in [2.24, 2.45) is 7.05 Å². The molecule has 140 valence electrons. The van der Waals surface area contributed by atoms with Crippen LogP contribution in [0.2, 0.25) is 0 Å². The molecule has 0 aliphatic rings. The number of aromatic hydroxyl groups is 1. The van der Waals surface area contributed by atoms with Gasteiger partial charge in [0.1, 0.15) is 5.75 Å². The first-order valence-electron chi connectivity index (χ1n) is 8.66. The summed E-state index contributed by atoms with van der Waals surface area (Å²) in [6.07, 6.45) is 0. The number of thioether (sulfide) groups is 1. The molecule has 0 spiro atoms. The minimum Gasteiger partial charge on any atom is -0.507 e. The van der Waals surface area contributed by atoms with Gasteiger partial charge >= 0.3 is 0 Å². The topological polar surface area (TPSA) is 80.0 Å². The van der Waals surface area contributed by atoms with Gasteiger partial charge in [0.2, 0.25) is 5.91 Å². The number of phenols is 1. The van der Waals surface area contributed by atoms with Crippen LogP contribution in [0.15, 0.2) is 53.7 Å². The first-order valence-corrected chi connectivity index (χ1v) is 9.64. The second-order valence-corrected chi connectivity index (χ2v) is 7.44. The van der Waals surface area contributed by atoms with E-state index in [0.717, 1.165) is 5.69 Å². The standard InChI is InChI=1S/C20H22N4O2S/c1-13(2)14-8-10-15(11-9-14)21-18(26)12-27-20-23-22-19(24(20)3)16-6-4-5-7-17(16)25/h4-11,13,25H,12H2,1-3H3,(H,21,26). The summed E-state index contributed by atoms with van der Waals surface area (Å²) in [6, 6.07) is 14.8. The van der Waals surface area contributed by atoms with Crippen molar-refractivity contribution in [1.82, 2.24) is 14.8 Å². The van der Waals surface area contributed by atoms with E-state index in [1.54, 1.807) is 22.8 Å². The fourth-order valence-electron chi connectivity index (χ4n) is 2.62. The van der Waals surface area contributed by atoms with Crippen LogP contribution in [-0.2, 0) is 11.8 Å². The Morgan fingerprint density at radius 3 is 2.52 bits per heavy atom. The summed E-state index contributed by atoms with van der Waals surface area (Å²) >= 11 is 1.30. The van der Waals surface area contributed by atoms with Crippen LogP contribution in [0.3, 0.4) is 0 Å². The predicted molar refractivity (Wildman–Crippen MR) is 108 cm³/mol. The lowest BCUT2D eigenvalue weighted by atomic mass is 10.0. The number of amides is 1. The number of rotatable bonds is 6. The minimum atomic E-state index is -0.107. The van der Waals surface area contributed by atoms with Gasteiger partial charge in [0, 0.05) is 12.7 Å². The fraction of sp³-hybridized carbons (Fsp3) is 0.250. The number of aromatic nitrogens is 3. The molecule has 3 aromatic rings. The van der Waals surface area contributed by atoms with Crippen LogP contribution < -0.4 is 5.32 Å². The van der Waals surface area contributed by atoms with Crippen LogP contribution in [0, 0.1) is 0 Å². The number of nitrogens with zero attached hydrogens (tertiary/aromatic N) is 3. The van der Waals surface area contributed by atoms with E-state index in [9.17, 15) is 9.90 Å². The van der Waals surface area contributed by atoms with E-state index in [4.69, 9.17) is 0 Å². The van der Waals surface area contributed by atoms with Crippen molar-refractivity contribution in [3.05, 3.63) is 54.1 Å². The van der Waals surface area contributed by atoms with E-state index in [1.165, 1.54) is 17.3 Å². The molecule has 1 heterocycles. The molecule has 0 atom stereocenters. The van der Waals surface area contributed by atoms with E-state index in [2.05, 4.69) is 29.4 Å². The molecular weight excluding hydrogens is 360 g/mol. The minimum absolute atomic E-state index is 0.107.